The quantitative estimate of drug-likeness (QED) is 0.483. The van der Waals surface area contributed by atoms with Gasteiger partial charge >= 0.3 is 0 Å². The first-order chi connectivity index (χ1) is 14.2. The Morgan fingerprint density at radius 3 is 2.43 bits per heavy atom. The second-order valence-corrected chi connectivity index (χ2v) is 7.83. The predicted molar refractivity (Wildman–Crippen MR) is 114 cm³/mol. The molecule has 1 aliphatic heterocycles. The summed E-state index contributed by atoms with van der Waals surface area (Å²) in [6.07, 6.45) is 1.46. The van der Waals surface area contributed by atoms with Crippen molar-refractivity contribution in [2.75, 3.05) is 12.4 Å². The third-order valence-corrected chi connectivity index (χ3v) is 5.36. The maximum Gasteiger partial charge on any atom is 0.245 e. The van der Waals surface area contributed by atoms with Gasteiger partial charge < -0.3 is 21.3 Å². The molecule has 2 rings (SSSR count). The average Bonchev–Trinajstić information content (AvgIpc) is 3.22. The van der Waals surface area contributed by atoms with Crippen molar-refractivity contribution < 1.29 is 19.2 Å². The minimum Gasteiger partial charge on any atom is -0.344 e. The number of benzene rings is 1. The number of carbonyl (C=O) groups is 4. The highest BCUT2D eigenvalue weighted by Gasteiger charge is 2.37. The Hall–Kier alpha value is -2.45. The first-order valence-electron chi connectivity index (χ1n) is 10.0. The highest BCUT2D eigenvalue weighted by molar-refractivity contribution is 6.28. The van der Waals surface area contributed by atoms with Crippen LogP contribution in [0.3, 0.4) is 0 Å². The number of nitrogens with zero attached hydrogens (tertiary/aromatic N) is 1. The van der Waals surface area contributed by atoms with E-state index in [4.69, 9.17) is 17.3 Å². The number of alkyl halides is 1. The highest BCUT2D eigenvalue weighted by Crippen LogP contribution is 2.19. The number of hydrogen-bond acceptors (Lipinski definition) is 5. The van der Waals surface area contributed by atoms with Gasteiger partial charge in [0.2, 0.25) is 17.7 Å². The van der Waals surface area contributed by atoms with Gasteiger partial charge in [-0.1, -0.05) is 30.3 Å². The fourth-order valence-electron chi connectivity index (χ4n) is 3.41. The van der Waals surface area contributed by atoms with E-state index in [0.717, 1.165) is 5.56 Å². The number of Topliss-reactive ketones (excluding diaryl/α,β-unsaturated/α-hetero) is 1. The molecule has 1 fully saturated rings. The number of rotatable bonds is 9. The summed E-state index contributed by atoms with van der Waals surface area (Å²) in [7, 11) is 0. The lowest BCUT2D eigenvalue weighted by Gasteiger charge is -2.28. The minimum atomic E-state index is -0.804. The summed E-state index contributed by atoms with van der Waals surface area (Å²) in [5.41, 5.74) is 6.43. The monoisotopic (exact) mass is 436 g/mol. The fourth-order valence-corrected chi connectivity index (χ4v) is 3.60. The highest BCUT2D eigenvalue weighted by atomic mass is 35.5. The molecule has 1 aliphatic rings. The first-order valence-corrected chi connectivity index (χ1v) is 10.6. The molecule has 1 aromatic rings. The van der Waals surface area contributed by atoms with Gasteiger partial charge in [-0.25, -0.2) is 0 Å². The van der Waals surface area contributed by atoms with Crippen molar-refractivity contribution in [3.05, 3.63) is 35.9 Å². The average molecular weight is 437 g/mol. The van der Waals surface area contributed by atoms with Crippen LogP contribution in [0.2, 0.25) is 0 Å². The van der Waals surface area contributed by atoms with Crippen LogP contribution in [0.5, 0.6) is 0 Å². The Morgan fingerprint density at radius 1 is 1.17 bits per heavy atom. The summed E-state index contributed by atoms with van der Waals surface area (Å²) >= 11 is 5.73. The molecule has 1 aromatic carbocycles. The fraction of sp³-hybridized carbons (Fsp3) is 0.524. The van der Waals surface area contributed by atoms with Crippen LogP contribution in [-0.4, -0.2) is 65.0 Å². The molecule has 4 atom stereocenters. The van der Waals surface area contributed by atoms with Gasteiger partial charge in [0.15, 0.2) is 5.78 Å². The van der Waals surface area contributed by atoms with E-state index in [0.29, 0.717) is 25.8 Å². The Kier molecular flexibility index (Phi) is 8.80. The topological polar surface area (TPSA) is 122 Å². The normalized spacial score (nSPS) is 18.9. The van der Waals surface area contributed by atoms with Crippen LogP contribution in [-0.2, 0) is 25.6 Å². The molecule has 0 unspecified atom stereocenters. The molecule has 1 heterocycles. The zero-order valence-corrected chi connectivity index (χ0v) is 18.0. The Morgan fingerprint density at radius 2 is 1.83 bits per heavy atom. The molecule has 0 spiro atoms. The summed E-state index contributed by atoms with van der Waals surface area (Å²) in [6.45, 7) is 3.49. The second kappa shape index (κ2) is 11.1. The molecule has 8 nitrogen and oxygen atoms in total. The lowest BCUT2D eigenvalue weighted by Crippen LogP contribution is -2.56. The maximum absolute atomic E-state index is 12.9. The molecule has 0 radical (unpaired) electrons. The van der Waals surface area contributed by atoms with E-state index in [1.54, 1.807) is 6.92 Å². The van der Waals surface area contributed by atoms with Crippen LogP contribution in [0.25, 0.3) is 0 Å². The summed E-state index contributed by atoms with van der Waals surface area (Å²) in [4.78, 5) is 51.2. The van der Waals surface area contributed by atoms with Crippen LogP contribution < -0.4 is 16.4 Å². The predicted octanol–water partition coefficient (Wildman–Crippen LogP) is 0.365. The van der Waals surface area contributed by atoms with Crippen molar-refractivity contribution in [3.63, 3.8) is 0 Å². The van der Waals surface area contributed by atoms with Gasteiger partial charge in [-0.2, -0.15) is 0 Å². The van der Waals surface area contributed by atoms with E-state index < -0.39 is 36.0 Å². The van der Waals surface area contributed by atoms with Gasteiger partial charge in [0, 0.05) is 6.54 Å². The van der Waals surface area contributed by atoms with E-state index >= 15 is 0 Å². The molecule has 164 valence electrons. The van der Waals surface area contributed by atoms with E-state index in [-0.39, 0.29) is 17.6 Å². The lowest BCUT2D eigenvalue weighted by atomic mass is 10.0. The molecular weight excluding hydrogens is 408 g/mol. The number of amides is 3. The lowest BCUT2D eigenvalue weighted by molar-refractivity contribution is -0.141. The third-order valence-electron chi connectivity index (χ3n) is 5.10. The number of nitrogens with two attached hydrogens (primary N) is 1. The van der Waals surface area contributed by atoms with E-state index in [2.05, 4.69) is 10.6 Å². The summed E-state index contributed by atoms with van der Waals surface area (Å²) in [5.74, 6) is -1.70. The van der Waals surface area contributed by atoms with Gasteiger partial charge in [-0.05, 0) is 38.7 Å². The zero-order valence-electron chi connectivity index (χ0n) is 17.3. The first kappa shape index (κ1) is 23.8. The van der Waals surface area contributed by atoms with Gasteiger partial charge in [0.05, 0.1) is 18.0 Å². The van der Waals surface area contributed by atoms with Crippen molar-refractivity contribution in [2.24, 2.45) is 5.73 Å². The van der Waals surface area contributed by atoms with Crippen molar-refractivity contribution in [3.8, 4) is 0 Å². The number of ketones is 1. The Balaban J connectivity index is 2.06. The molecule has 0 aromatic heterocycles. The molecule has 4 N–H and O–H groups in total. The van der Waals surface area contributed by atoms with E-state index in [1.165, 1.54) is 11.8 Å². The van der Waals surface area contributed by atoms with Crippen LogP contribution in [0, 0.1) is 0 Å². The number of carbonyl (C=O) groups excluding carboxylic acids is 4. The third kappa shape index (κ3) is 6.27. The van der Waals surface area contributed by atoms with Crippen molar-refractivity contribution >= 4 is 35.1 Å². The van der Waals surface area contributed by atoms with Crippen LogP contribution in [0.4, 0.5) is 0 Å². The molecule has 1 saturated heterocycles. The summed E-state index contributed by atoms with van der Waals surface area (Å²) in [5, 5.41) is 5.32. The maximum atomic E-state index is 12.9. The number of nitrogens with one attached hydrogen (secondary N) is 2. The van der Waals surface area contributed by atoms with Crippen LogP contribution in [0.15, 0.2) is 30.3 Å². The molecule has 30 heavy (non-hydrogen) atoms. The van der Waals surface area contributed by atoms with E-state index in [9.17, 15) is 19.2 Å². The van der Waals surface area contributed by atoms with Gasteiger partial charge in [0.1, 0.15) is 12.1 Å². The zero-order chi connectivity index (χ0) is 22.3. The second-order valence-electron chi connectivity index (χ2n) is 7.56. The van der Waals surface area contributed by atoms with Crippen molar-refractivity contribution in [2.45, 2.75) is 57.3 Å². The smallest absolute Gasteiger partial charge is 0.245 e. The van der Waals surface area contributed by atoms with Gasteiger partial charge in [-0.3, -0.25) is 19.2 Å². The van der Waals surface area contributed by atoms with Gasteiger partial charge in [0.25, 0.3) is 0 Å². The van der Waals surface area contributed by atoms with E-state index in [1.807, 2.05) is 30.3 Å². The standard InChI is InChI=1S/C21H29ClN4O4/c1-13(23)19(28)24-14(2)21(30)26-10-6-9-17(26)20(29)25-16(18(27)12-22)11-15-7-4-3-5-8-15/h3-5,7-8,13-14,16-17H,6,9-12,23H2,1-2H3,(H,24,28)(H,25,29)/t13-,14-,16-,17-/m0/s1. The number of halogens is 1. The van der Waals surface area contributed by atoms with Crippen molar-refractivity contribution in [1.29, 1.82) is 0 Å². The Labute approximate surface area is 181 Å². The summed E-state index contributed by atoms with van der Waals surface area (Å²) in [6, 6.07) is 6.30. The molecule has 0 bridgehead atoms. The Bertz CT molecular complexity index is 772. The SMILES string of the molecule is C[C@H](N)C(=O)N[C@@H](C)C(=O)N1CCC[C@H]1C(=O)N[C@@H](Cc1ccccc1)C(=O)CCl. The van der Waals surface area contributed by atoms with Gasteiger partial charge in [-0.15, -0.1) is 11.6 Å². The largest absolute Gasteiger partial charge is 0.344 e. The molecular formula is C21H29ClN4O4. The minimum absolute atomic E-state index is 0.217. The number of likely N-dealkylation sites (tertiary alicyclic amines) is 1. The molecule has 0 saturated carbocycles. The van der Waals surface area contributed by atoms with Crippen LogP contribution in [0.1, 0.15) is 32.3 Å². The molecule has 3 amide bonds. The van der Waals surface area contributed by atoms with Crippen LogP contribution >= 0.6 is 11.6 Å². The molecule has 9 heteroatoms. The summed E-state index contributed by atoms with van der Waals surface area (Å²) < 4.78 is 0. The molecule has 0 aliphatic carbocycles. The van der Waals surface area contributed by atoms with Crippen molar-refractivity contribution in [1.82, 2.24) is 15.5 Å². The number of hydrogen-bond donors (Lipinski definition) is 3.